The number of amides is 1. The smallest absolute Gasteiger partial charge is 0.409 e. The summed E-state index contributed by atoms with van der Waals surface area (Å²) < 4.78 is 5.01. The second-order valence-electron chi connectivity index (χ2n) is 4.98. The van der Waals surface area contributed by atoms with Crippen LogP contribution in [0, 0.1) is 0 Å². The maximum atomic E-state index is 11.5. The number of carbonyl (C=O) groups is 1. The van der Waals surface area contributed by atoms with Crippen molar-refractivity contribution in [2.45, 2.75) is 58.4 Å². The fourth-order valence-electron chi connectivity index (χ4n) is 2.34. The monoisotopic (exact) mass is 256 g/mol. The number of ether oxygens (including phenoxy) is 1. The van der Waals surface area contributed by atoms with Crippen LogP contribution in [0.5, 0.6) is 0 Å². The van der Waals surface area contributed by atoms with Crippen LogP contribution < -0.4 is 5.32 Å². The zero-order valence-corrected chi connectivity index (χ0v) is 11.9. The van der Waals surface area contributed by atoms with Gasteiger partial charge in [0.05, 0.1) is 6.61 Å². The van der Waals surface area contributed by atoms with E-state index in [2.05, 4.69) is 12.2 Å². The number of piperidine rings is 1. The van der Waals surface area contributed by atoms with E-state index >= 15 is 0 Å². The van der Waals surface area contributed by atoms with Crippen molar-refractivity contribution < 1.29 is 9.53 Å². The molecule has 0 aromatic carbocycles. The van der Waals surface area contributed by atoms with Crippen LogP contribution in [0.3, 0.4) is 0 Å². The Labute approximate surface area is 111 Å². The van der Waals surface area contributed by atoms with E-state index < -0.39 is 0 Å². The van der Waals surface area contributed by atoms with E-state index in [1.165, 1.54) is 25.7 Å². The van der Waals surface area contributed by atoms with Crippen molar-refractivity contribution in [3.05, 3.63) is 0 Å². The van der Waals surface area contributed by atoms with Gasteiger partial charge in [-0.05, 0) is 32.7 Å². The molecule has 0 bridgehead atoms. The number of rotatable bonds is 7. The van der Waals surface area contributed by atoms with Crippen molar-refractivity contribution in [3.63, 3.8) is 0 Å². The molecule has 1 N–H and O–H groups in total. The molecule has 4 nitrogen and oxygen atoms in total. The standard InChI is InChI=1S/C14H28N2O2/c1-3-5-6-7-10-15-13-8-11-16(12-9-13)14(17)18-4-2/h13,15H,3-12H2,1-2H3. The molecule has 4 heteroatoms. The summed E-state index contributed by atoms with van der Waals surface area (Å²) >= 11 is 0. The normalized spacial score (nSPS) is 16.9. The van der Waals surface area contributed by atoms with Crippen molar-refractivity contribution in [2.24, 2.45) is 0 Å². The molecule has 0 atom stereocenters. The molecule has 1 fully saturated rings. The quantitative estimate of drug-likeness (QED) is 0.712. The molecule has 1 heterocycles. The third-order valence-electron chi connectivity index (χ3n) is 3.48. The lowest BCUT2D eigenvalue weighted by molar-refractivity contribution is 0.0951. The lowest BCUT2D eigenvalue weighted by Gasteiger charge is -2.31. The van der Waals surface area contributed by atoms with Crippen molar-refractivity contribution in [2.75, 3.05) is 26.2 Å². The molecule has 18 heavy (non-hydrogen) atoms. The third-order valence-corrected chi connectivity index (χ3v) is 3.48. The van der Waals surface area contributed by atoms with Crippen molar-refractivity contribution in [1.82, 2.24) is 10.2 Å². The van der Waals surface area contributed by atoms with E-state index in [1.807, 2.05) is 11.8 Å². The van der Waals surface area contributed by atoms with Gasteiger partial charge in [0.15, 0.2) is 0 Å². The fraction of sp³-hybridized carbons (Fsp3) is 0.929. The zero-order chi connectivity index (χ0) is 13.2. The van der Waals surface area contributed by atoms with Gasteiger partial charge in [0, 0.05) is 19.1 Å². The van der Waals surface area contributed by atoms with Crippen LogP contribution in [-0.2, 0) is 4.74 Å². The maximum absolute atomic E-state index is 11.5. The first kappa shape index (κ1) is 15.3. The van der Waals surface area contributed by atoms with Gasteiger partial charge in [0.25, 0.3) is 0 Å². The van der Waals surface area contributed by atoms with Crippen molar-refractivity contribution in [3.8, 4) is 0 Å². The second-order valence-corrected chi connectivity index (χ2v) is 4.98. The van der Waals surface area contributed by atoms with E-state index in [1.54, 1.807) is 0 Å². The van der Waals surface area contributed by atoms with Crippen LogP contribution in [0.4, 0.5) is 4.79 Å². The van der Waals surface area contributed by atoms with E-state index in [0.717, 1.165) is 32.5 Å². The van der Waals surface area contributed by atoms with Gasteiger partial charge < -0.3 is 15.0 Å². The first-order valence-electron chi connectivity index (χ1n) is 7.43. The Kier molecular flexibility index (Phi) is 7.81. The minimum Gasteiger partial charge on any atom is -0.450 e. The van der Waals surface area contributed by atoms with Crippen LogP contribution >= 0.6 is 0 Å². The van der Waals surface area contributed by atoms with Crippen LogP contribution in [0.15, 0.2) is 0 Å². The van der Waals surface area contributed by atoms with Crippen LogP contribution in [-0.4, -0.2) is 43.3 Å². The summed E-state index contributed by atoms with van der Waals surface area (Å²) in [6.07, 6.45) is 7.16. The van der Waals surface area contributed by atoms with Crippen LogP contribution in [0.2, 0.25) is 0 Å². The molecule has 1 aliphatic heterocycles. The van der Waals surface area contributed by atoms with E-state index in [0.29, 0.717) is 12.6 Å². The fourth-order valence-corrected chi connectivity index (χ4v) is 2.34. The Bertz CT molecular complexity index is 226. The predicted octanol–water partition coefficient (Wildman–Crippen LogP) is 2.78. The van der Waals surface area contributed by atoms with Gasteiger partial charge in [-0.15, -0.1) is 0 Å². The van der Waals surface area contributed by atoms with Gasteiger partial charge in [-0.2, -0.15) is 0 Å². The Balaban J connectivity index is 2.06. The van der Waals surface area contributed by atoms with E-state index in [-0.39, 0.29) is 6.09 Å². The number of nitrogens with zero attached hydrogens (tertiary/aromatic N) is 1. The molecule has 0 aromatic rings. The zero-order valence-electron chi connectivity index (χ0n) is 11.9. The largest absolute Gasteiger partial charge is 0.450 e. The highest BCUT2D eigenvalue weighted by atomic mass is 16.6. The minimum atomic E-state index is -0.154. The molecule has 1 aliphatic rings. The Morgan fingerprint density at radius 1 is 1.22 bits per heavy atom. The summed E-state index contributed by atoms with van der Waals surface area (Å²) in [5.74, 6) is 0. The SMILES string of the molecule is CCCCCCNC1CCN(C(=O)OCC)CC1. The summed E-state index contributed by atoms with van der Waals surface area (Å²) in [4.78, 5) is 13.3. The number of hydrogen-bond donors (Lipinski definition) is 1. The first-order valence-corrected chi connectivity index (χ1v) is 7.43. The topological polar surface area (TPSA) is 41.6 Å². The summed E-state index contributed by atoms with van der Waals surface area (Å²) in [6.45, 7) is 7.32. The first-order chi connectivity index (χ1) is 8.77. The molecule has 106 valence electrons. The van der Waals surface area contributed by atoms with Gasteiger partial charge >= 0.3 is 6.09 Å². The van der Waals surface area contributed by atoms with Crippen molar-refractivity contribution >= 4 is 6.09 Å². The van der Waals surface area contributed by atoms with E-state index in [9.17, 15) is 4.79 Å². The third kappa shape index (κ3) is 5.71. The average Bonchev–Trinajstić information content (AvgIpc) is 2.39. The predicted molar refractivity (Wildman–Crippen MR) is 73.8 cm³/mol. The van der Waals surface area contributed by atoms with Gasteiger partial charge in [0.2, 0.25) is 0 Å². The summed E-state index contributed by atoms with van der Waals surface area (Å²) in [5, 5.41) is 3.59. The molecular formula is C14H28N2O2. The molecule has 0 unspecified atom stereocenters. The van der Waals surface area contributed by atoms with Gasteiger partial charge in [0.1, 0.15) is 0 Å². The Morgan fingerprint density at radius 3 is 2.56 bits per heavy atom. The molecule has 1 saturated heterocycles. The Morgan fingerprint density at radius 2 is 1.94 bits per heavy atom. The number of hydrogen-bond acceptors (Lipinski definition) is 3. The lowest BCUT2D eigenvalue weighted by Crippen LogP contribution is -2.45. The van der Waals surface area contributed by atoms with Crippen LogP contribution in [0.1, 0.15) is 52.4 Å². The highest BCUT2D eigenvalue weighted by molar-refractivity contribution is 5.67. The highest BCUT2D eigenvalue weighted by Crippen LogP contribution is 2.11. The molecule has 0 aliphatic carbocycles. The van der Waals surface area contributed by atoms with Gasteiger partial charge in [-0.25, -0.2) is 4.79 Å². The molecule has 0 radical (unpaired) electrons. The number of carbonyl (C=O) groups excluding carboxylic acids is 1. The summed E-state index contributed by atoms with van der Waals surface area (Å²) in [5.41, 5.74) is 0. The van der Waals surface area contributed by atoms with E-state index in [4.69, 9.17) is 4.74 Å². The molecule has 0 saturated carbocycles. The Hall–Kier alpha value is -0.770. The van der Waals surface area contributed by atoms with Crippen LogP contribution in [0.25, 0.3) is 0 Å². The second kappa shape index (κ2) is 9.20. The molecule has 0 spiro atoms. The number of likely N-dealkylation sites (tertiary alicyclic amines) is 1. The van der Waals surface area contributed by atoms with Crippen molar-refractivity contribution in [1.29, 1.82) is 0 Å². The maximum Gasteiger partial charge on any atom is 0.409 e. The summed E-state index contributed by atoms with van der Waals surface area (Å²) in [6, 6.07) is 0.581. The summed E-state index contributed by atoms with van der Waals surface area (Å²) in [7, 11) is 0. The van der Waals surface area contributed by atoms with Gasteiger partial charge in [-0.3, -0.25) is 0 Å². The number of unbranched alkanes of at least 4 members (excludes halogenated alkanes) is 3. The molecule has 1 rings (SSSR count). The van der Waals surface area contributed by atoms with Gasteiger partial charge in [-0.1, -0.05) is 26.2 Å². The molecule has 1 amide bonds. The number of nitrogens with one attached hydrogen (secondary N) is 1. The average molecular weight is 256 g/mol. The molecule has 0 aromatic heterocycles. The minimum absolute atomic E-state index is 0.154. The lowest BCUT2D eigenvalue weighted by atomic mass is 10.1. The molecular weight excluding hydrogens is 228 g/mol. The highest BCUT2D eigenvalue weighted by Gasteiger charge is 2.22.